The van der Waals surface area contributed by atoms with Crippen molar-refractivity contribution in [1.29, 1.82) is 0 Å². The summed E-state index contributed by atoms with van der Waals surface area (Å²) in [7, 11) is 0. The van der Waals surface area contributed by atoms with Gasteiger partial charge in [-0.25, -0.2) is 0 Å². The molecule has 0 saturated heterocycles. The van der Waals surface area contributed by atoms with E-state index < -0.39 is 11.9 Å². The van der Waals surface area contributed by atoms with Crippen molar-refractivity contribution in [3.63, 3.8) is 0 Å². The van der Waals surface area contributed by atoms with Gasteiger partial charge in [0.2, 0.25) is 0 Å². The number of carbonyl (C=O) groups is 2. The minimum atomic E-state index is -1.13. The number of carboxylic acid groups (broad SMARTS) is 2. The number of hydrogen-bond donors (Lipinski definition) is 0. The predicted molar refractivity (Wildman–Crippen MR) is 97.2 cm³/mol. The van der Waals surface area contributed by atoms with Gasteiger partial charge in [0.15, 0.2) is 0 Å². The number of carbonyl (C=O) groups excluding carboxylic acids is 2. The quantitative estimate of drug-likeness (QED) is 0.468. The predicted octanol–water partition coefficient (Wildman–Crippen LogP) is 2.29. The second-order valence-electron chi connectivity index (χ2n) is 5.63. The SMILES string of the molecule is O=C([O-])c1cccc2ccccc12.O=C([O-])c1cccc2ccccc12.[O-2].[Zr+4]. The van der Waals surface area contributed by atoms with Gasteiger partial charge in [0.25, 0.3) is 0 Å². The average Bonchev–Trinajstić information content (AvgIpc) is 2.67. The van der Waals surface area contributed by atoms with Crippen LogP contribution in [0.4, 0.5) is 0 Å². The van der Waals surface area contributed by atoms with E-state index in [1.807, 2.05) is 48.5 Å². The molecule has 0 radical (unpaired) electrons. The molecule has 6 heteroatoms. The molecule has 4 aromatic rings. The number of hydrogen-bond acceptors (Lipinski definition) is 4. The van der Waals surface area contributed by atoms with Crippen LogP contribution in [-0.2, 0) is 31.7 Å². The standard InChI is InChI=1S/2C11H8O2.O.Zr/c2*12-11(13)10-7-3-5-8-4-1-2-6-9(8)10;;/h2*1-7H,(H,12,13);;/q;;-2;+4/p-2. The third-order valence-electron chi connectivity index (χ3n) is 4.02. The third-order valence-corrected chi connectivity index (χ3v) is 4.02. The molecule has 0 bridgehead atoms. The molecule has 28 heavy (non-hydrogen) atoms. The zero-order valence-corrected chi connectivity index (χ0v) is 17.1. The van der Waals surface area contributed by atoms with E-state index in [0.29, 0.717) is 0 Å². The Morgan fingerprint density at radius 1 is 0.536 bits per heavy atom. The molecule has 0 N–H and O–H groups in total. The summed E-state index contributed by atoms with van der Waals surface area (Å²) >= 11 is 0. The Kier molecular flexibility index (Phi) is 8.71. The molecule has 4 aromatic carbocycles. The van der Waals surface area contributed by atoms with Crippen LogP contribution in [0.3, 0.4) is 0 Å². The fourth-order valence-electron chi connectivity index (χ4n) is 2.81. The maximum absolute atomic E-state index is 10.7. The van der Waals surface area contributed by atoms with Crippen molar-refractivity contribution in [2.45, 2.75) is 0 Å². The van der Waals surface area contributed by atoms with Gasteiger partial charge in [-0.2, -0.15) is 0 Å². The number of carboxylic acids is 2. The van der Waals surface area contributed by atoms with Gasteiger partial charge in [-0.3, -0.25) is 0 Å². The van der Waals surface area contributed by atoms with Gasteiger partial charge in [0.05, 0.1) is 11.9 Å². The number of rotatable bonds is 2. The fraction of sp³-hybridized carbons (Fsp3) is 0. The molecule has 0 atom stereocenters. The van der Waals surface area contributed by atoms with Crippen molar-refractivity contribution in [2.24, 2.45) is 0 Å². The summed E-state index contributed by atoms with van der Waals surface area (Å²) in [5, 5.41) is 24.7. The van der Waals surface area contributed by atoms with Gasteiger partial charge in [-0.15, -0.1) is 0 Å². The van der Waals surface area contributed by atoms with Gasteiger partial charge in [-0.05, 0) is 21.5 Å². The molecule has 0 amide bonds. The van der Waals surface area contributed by atoms with E-state index >= 15 is 0 Å². The van der Waals surface area contributed by atoms with Gasteiger partial charge in [-0.1, -0.05) is 84.9 Å². The van der Waals surface area contributed by atoms with Crippen LogP contribution in [0.2, 0.25) is 0 Å². The van der Waals surface area contributed by atoms with Crippen LogP contribution in [0.5, 0.6) is 0 Å². The first-order chi connectivity index (χ1) is 12.6. The molecular formula is C22H14O5Zr. The minimum Gasteiger partial charge on any atom is -2.00 e. The molecule has 0 saturated carbocycles. The molecule has 0 spiro atoms. The molecule has 136 valence electrons. The molecule has 5 nitrogen and oxygen atoms in total. The molecule has 0 aromatic heterocycles. The van der Waals surface area contributed by atoms with Crippen LogP contribution in [0.1, 0.15) is 20.7 Å². The summed E-state index contributed by atoms with van der Waals surface area (Å²) in [6.45, 7) is 0. The maximum Gasteiger partial charge on any atom is 4.00 e. The van der Waals surface area contributed by atoms with Crippen LogP contribution in [0, 0.1) is 0 Å². The largest absolute Gasteiger partial charge is 4.00 e. The van der Waals surface area contributed by atoms with E-state index in [-0.39, 0.29) is 42.8 Å². The van der Waals surface area contributed by atoms with E-state index in [9.17, 15) is 19.8 Å². The Morgan fingerprint density at radius 2 is 0.857 bits per heavy atom. The van der Waals surface area contributed by atoms with Crippen molar-refractivity contribution >= 4 is 33.5 Å². The van der Waals surface area contributed by atoms with Crippen molar-refractivity contribution in [3.8, 4) is 0 Å². The van der Waals surface area contributed by atoms with Crippen molar-refractivity contribution < 1.29 is 51.5 Å². The first-order valence-corrected chi connectivity index (χ1v) is 7.96. The van der Waals surface area contributed by atoms with Gasteiger partial charge in [0.1, 0.15) is 0 Å². The Bertz CT molecular complexity index is 1010. The number of fused-ring (bicyclic) bond motifs is 2. The zero-order valence-electron chi connectivity index (χ0n) is 14.6. The molecule has 0 aliphatic rings. The van der Waals surface area contributed by atoms with Crippen LogP contribution in [-0.4, -0.2) is 11.9 Å². The van der Waals surface area contributed by atoms with Crippen LogP contribution in [0.25, 0.3) is 21.5 Å². The normalized spacial score (nSPS) is 9.43. The monoisotopic (exact) mass is 448 g/mol. The maximum atomic E-state index is 10.7. The van der Waals surface area contributed by atoms with Crippen molar-refractivity contribution in [1.82, 2.24) is 0 Å². The van der Waals surface area contributed by atoms with Crippen molar-refractivity contribution in [2.75, 3.05) is 0 Å². The van der Waals surface area contributed by atoms with E-state index in [2.05, 4.69) is 0 Å². The van der Waals surface area contributed by atoms with E-state index in [4.69, 9.17) is 0 Å². The summed E-state index contributed by atoms with van der Waals surface area (Å²) in [5.41, 5.74) is 0.496. The smallest absolute Gasteiger partial charge is 2.00 e. The van der Waals surface area contributed by atoms with Crippen LogP contribution < -0.4 is 10.2 Å². The number of benzene rings is 4. The summed E-state index contributed by atoms with van der Waals surface area (Å²) in [6, 6.07) is 25.0. The average molecular weight is 450 g/mol. The number of aromatic carboxylic acids is 2. The van der Waals surface area contributed by atoms with Crippen molar-refractivity contribution in [3.05, 3.63) is 96.1 Å². The summed E-state index contributed by atoms with van der Waals surface area (Å²) in [4.78, 5) is 21.4. The first kappa shape index (κ1) is 23.2. The minimum absolute atomic E-state index is 0. The van der Waals surface area contributed by atoms with Crippen LogP contribution >= 0.6 is 0 Å². The molecular weight excluding hydrogens is 435 g/mol. The summed E-state index contributed by atoms with van der Waals surface area (Å²) in [5.74, 6) is -2.26. The van der Waals surface area contributed by atoms with Gasteiger partial charge < -0.3 is 25.3 Å². The second-order valence-corrected chi connectivity index (χ2v) is 5.63. The first-order valence-electron chi connectivity index (χ1n) is 7.96. The topological polar surface area (TPSA) is 109 Å². The summed E-state index contributed by atoms with van der Waals surface area (Å²) < 4.78 is 0. The zero-order chi connectivity index (χ0) is 18.5. The van der Waals surface area contributed by atoms with Gasteiger partial charge in [0, 0.05) is 11.1 Å². The molecule has 0 aliphatic heterocycles. The second kappa shape index (κ2) is 10.5. The Morgan fingerprint density at radius 3 is 1.21 bits per heavy atom. The Hall–Kier alpha value is -2.82. The third kappa shape index (κ3) is 5.12. The van der Waals surface area contributed by atoms with Crippen LogP contribution in [0.15, 0.2) is 84.9 Å². The molecule has 0 heterocycles. The summed E-state index contributed by atoms with van der Waals surface area (Å²) in [6.07, 6.45) is 0. The molecule has 0 aliphatic carbocycles. The molecule has 4 rings (SSSR count). The van der Waals surface area contributed by atoms with E-state index in [0.717, 1.165) is 21.5 Å². The Labute approximate surface area is 180 Å². The Balaban J connectivity index is 0.000000261. The van der Waals surface area contributed by atoms with E-state index in [1.54, 1.807) is 36.4 Å². The van der Waals surface area contributed by atoms with Gasteiger partial charge >= 0.3 is 26.2 Å². The molecule has 0 unspecified atom stereocenters. The molecule has 0 fully saturated rings. The van der Waals surface area contributed by atoms with E-state index in [1.165, 1.54) is 0 Å². The fourth-order valence-corrected chi connectivity index (χ4v) is 2.81.